The molecular weight excluding hydrogens is 236 g/mol. The summed E-state index contributed by atoms with van der Waals surface area (Å²) in [4.78, 5) is 9.44. The maximum atomic E-state index is 4.42. The van der Waals surface area contributed by atoms with Crippen molar-refractivity contribution >= 4 is 5.69 Å². The highest BCUT2D eigenvalue weighted by Gasteiger charge is 2.22. The summed E-state index contributed by atoms with van der Waals surface area (Å²) in [5.74, 6) is 0. The normalized spacial score (nSPS) is 20.8. The van der Waals surface area contributed by atoms with E-state index in [1.54, 1.807) is 0 Å². The summed E-state index contributed by atoms with van der Waals surface area (Å²) in [6.07, 6.45) is 1.93. The monoisotopic (exact) mass is 262 g/mol. The van der Waals surface area contributed by atoms with E-state index in [-0.39, 0.29) is 0 Å². The van der Waals surface area contributed by atoms with Crippen LogP contribution in [-0.4, -0.2) is 48.6 Å². The molecule has 0 radical (unpaired) electrons. The highest BCUT2D eigenvalue weighted by molar-refractivity contribution is 5.47. The molecule has 106 valence electrons. The summed E-state index contributed by atoms with van der Waals surface area (Å²) < 4.78 is 0. The fourth-order valence-electron chi connectivity index (χ4n) is 2.71. The summed E-state index contributed by atoms with van der Waals surface area (Å²) in [5, 5.41) is 3.33. The van der Waals surface area contributed by atoms with E-state index in [1.807, 2.05) is 6.20 Å². The quantitative estimate of drug-likeness (QED) is 0.875. The Kier molecular flexibility index (Phi) is 5.16. The van der Waals surface area contributed by atoms with E-state index in [4.69, 9.17) is 0 Å². The summed E-state index contributed by atoms with van der Waals surface area (Å²) >= 11 is 0. The molecule has 0 bridgehead atoms. The third-order valence-electron chi connectivity index (χ3n) is 3.89. The lowest BCUT2D eigenvalue weighted by Gasteiger charge is -2.40. The smallest absolute Gasteiger partial charge is 0.0562 e. The van der Waals surface area contributed by atoms with Gasteiger partial charge in [0.1, 0.15) is 0 Å². The summed E-state index contributed by atoms with van der Waals surface area (Å²) in [6.45, 7) is 13.0. The van der Waals surface area contributed by atoms with Gasteiger partial charge in [-0.2, -0.15) is 0 Å². The van der Waals surface area contributed by atoms with Crippen LogP contribution in [0.3, 0.4) is 0 Å². The predicted octanol–water partition coefficient (Wildman–Crippen LogP) is 1.72. The molecule has 1 aromatic rings. The maximum Gasteiger partial charge on any atom is 0.0562 e. The molecule has 1 fully saturated rings. The first kappa shape index (κ1) is 14.3. The average molecular weight is 262 g/mol. The van der Waals surface area contributed by atoms with Crippen molar-refractivity contribution in [2.45, 2.75) is 33.4 Å². The van der Waals surface area contributed by atoms with Gasteiger partial charge in [0.05, 0.1) is 5.69 Å². The van der Waals surface area contributed by atoms with Gasteiger partial charge in [-0.3, -0.25) is 9.88 Å². The zero-order chi connectivity index (χ0) is 13.7. The molecule has 4 heteroatoms. The number of hydrogen-bond donors (Lipinski definition) is 1. The molecule has 0 spiro atoms. The van der Waals surface area contributed by atoms with Crippen molar-refractivity contribution in [3.05, 3.63) is 24.0 Å². The first-order chi connectivity index (χ1) is 9.24. The molecule has 0 aliphatic carbocycles. The van der Waals surface area contributed by atoms with Crippen LogP contribution in [0, 0.1) is 0 Å². The summed E-state index contributed by atoms with van der Waals surface area (Å²) in [7, 11) is 0. The molecule has 0 saturated carbocycles. The molecule has 4 nitrogen and oxygen atoms in total. The lowest BCUT2D eigenvalue weighted by molar-refractivity contribution is 0.199. The number of rotatable bonds is 5. The van der Waals surface area contributed by atoms with E-state index < -0.39 is 0 Å². The molecule has 1 atom stereocenters. The van der Waals surface area contributed by atoms with Gasteiger partial charge in [0, 0.05) is 44.1 Å². The molecule has 2 rings (SSSR count). The van der Waals surface area contributed by atoms with Crippen molar-refractivity contribution in [3.63, 3.8) is 0 Å². The molecule has 1 saturated heterocycles. The first-order valence-electron chi connectivity index (χ1n) is 7.39. The van der Waals surface area contributed by atoms with Gasteiger partial charge in [0.25, 0.3) is 0 Å². The number of nitrogens with zero attached hydrogens (tertiary/aromatic N) is 3. The maximum absolute atomic E-state index is 4.42. The van der Waals surface area contributed by atoms with Crippen LogP contribution >= 0.6 is 0 Å². The van der Waals surface area contributed by atoms with Crippen LogP contribution in [0.5, 0.6) is 0 Å². The van der Waals surface area contributed by atoms with E-state index in [2.05, 4.69) is 53.0 Å². The van der Waals surface area contributed by atoms with Gasteiger partial charge in [-0.25, -0.2) is 0 Å². The predicted molar refractivity (Wildman–Crippen MR) is 80.5 cm³/mol. The van der Waals surface area contributed by atoms with Crippen LogP contribution in [0.1, 0.15) is 26.5 Å². The molecule has 19 heavy (non-hydrogen) atoms. The van der Waals surface area contributed by atoms with Crippen molar-refractivity contribution in [1.82, 2.24) is 15.2 Å². The zero-order valence-corrected chi connectivity index (χ0v) is 12.4. The minimum Gasteiger partial charge on any atom is -0.369 e. The van der Waals surface area contributed by atoms with E-state index in [1.165, 1.54) is 5.69 Å². The number of likely N-dealkylation sites (N-methyl/N-ethyl adjacent to an activating group) is 1. The van der Waals surface area contributed by atoms with Crippen LogP contribution in [-0.2, 0) is 6.54 Å². The summed E-state index contributed by atoms with van der Waals surface area (Å²) in [5.41, 5.74) is 2.44. The number of pyridine rings is 1. The second kappa shape index (κ2) is 6.87. The highest BCUT2D eigenvalue weighted by Crippen LogP contribution is 2.19. The first-order valence-corrected chi connectivity index (χ1v) is 7.39. The van der Waals surface area contributed by atoms with Crippen LogP contribution in [0.25, 0.3) is 0 Å². The lowest BCUT2D eigenvalue weighted by Crippen LogP contribution is -2.51. The minimum absolute atomic E-state index is 0.629. The molecule has 1 aromatic heterocycles. The fraction of sp³-hybridized carbons (Fsp3) is 0.667. The Morgan fingerprint density at radius 3 is 2.89 bits per heavy atom. The third-order valence-corrected chi connectivity index (χ3v) is 3.89. The van der Waals surface area contributed by atoms with Crippen LogP contribution in [0.4, 0.5) is 5.69 Å². The van der Waals surface area contributed by atoms with E-state index in [9.17, 15) is 0 Å². The molecule has 1 aliphatic heterocycles. The Morgan fingerprint density at radius 2 is 2.21 bits per heavy atom. The van der Waals surface area contributed by atoms with Gasteiger partial charge >= 0.3 is 0 Å². The molecule has 1 aliphatic rings. The van der Waals surface area contributed by atoms with Gasteiger partial charge in [-0.15, -0.1) is 0 Å². The number of piperazine rings is 1. The number of hydrogen-bond acceptors (Lipinski definition) is 4. The van der Waals surface area contributed by atoms with Crippen LogP contribution < -0.4 is 10.2 Å². The van der Waals surface area contributed by atoms with Gasteiger partial charge in [-0.1, -0.05) is 13.8 Å². The zero-order valence-electron chi connectivity index (χ0n) is 12.4. The fourth-order valence-corrected chi connectivity index (χ4v) is 2.71. The van der Waals surface area contributed by atoms with Gasteiger partial charge in [-0.05, 0) is 32.1 Å². The number of aromatic nitrogens is 1. The highest BCUT2D eigenvalue weighted by atomic mass is 15.3. The number of nitrogens with one attached hydrogen (secondary N) is 1. The molecule has 0 aromatic carbocycles. The minimum atomic E-state index is 0.629. The third kappa shape index (κ3) is 3.67. The van der Waals surface area contributed by atoms with E-state index >= 15 is 0 Å². The summed E-state index contributed by atoms with van der Waals surface area (Å²) in [6, 6.07) is 4.98. The Bertz CT molecular complexity index is 393. The Labute approximate surface area is 116 Å². The topological polar surface area (TPSA) is 31.4 Å². The van der Waals surface area contributed by atoms with Crippen LogP contribution in [0.15, 0.2) is 18.3 Å². The molecule has 0 amide bonds. The van der Waals surface area contributed by atoms with Gasteiger partial charge in [0.15, 0.2) is 0 Å². The largest absolute Gasteiger partial charge is 0.369 e. The van der Waals surface area contributed by atoms with E-state index in [0.717, 1.165) is 45.0 Å². The Balaban J connectivity index is 2.02. The Hall–Kier alpha value is -1.13. The molecule has 2 heterocycles. The van der Waals surface area contributed by atoms with Crippen LogP contribution in [0.2, 0.25) is 0 Å². The second-order valence-corrected chi connectivity index (χ2v) is 5.21. The Morgan fingerprint density at radius 1 is 1.37 bits per heavy atom. The average Bonchev–Trinajstić information content (AvgIpc) is 2.45. The van der Waals surface area contributed by atoms with E-state index in [0.29, 0.717) is 6.04 Å². The van der Waals surface area contributed by atoms with Crippen molar-refractivity contribution < 1.29 is 0 Å². The van der Waals surface area contributed by atoms with Gasteiger partial charge < -0.3 is 10.2 Å². The molecule has 1 unspecified atom stereocenters. The number of anilines is 1. The molecule has 1 N–H and O–H groups in total. The van der Waals surface area contributed by atoms with Crippen molar-refractivity contribution in [1.29, 1.82) is 0 Å². The van der Waals surface area contributed by atoms with Crippen molar-refractivity contribution in [2.24, 2.45) is 0 Å². The van der Waals surface area contributed by atoms with Crippen molar-refractivity contribution in [2.75, 3.05) is 37.6 Å². The lowest BCUT2D eigenvalue weighted by atomic mass is 10.1. The molecular formula is C15H26N4. The standard InChI is InChI=1S/C15H26N4/c1-4-16-11-14-10-15(6-7-17-14)19-9-8-18(5-2)13(3)12-19/h6-7,10,13,16H,4-5,8-9,11-12H2,1-3H3. The SMILES string of the molecule is CCNCc1cc(N2CCN(CC)C(C)C2)ccn1. The van der Waals surface area contributed by atoms with Gasteiger partial charge in [0.2, 0.25) is 0 Å². The second-order valence-electron chi connectivity index (χ2n) is 5.21. The van der Waals surface area contributed by atoms with Crippen molar-refractivity contribution in [3.8, 4) is 0 Å².